The summed E-state index contributed by atoms with van der Waals surface area (Å²) in [6.07, 6.45) is 0.315. The third-order valence-electron chi connectivity index (χ3n) is 3.00. The number of benzene rings is 1. The molecule has 3 nitrogen and oxygen atoms in total. The summed E-state index contributed by atoms with van der Waals surface area (Å²) in [4.78, 5) is 10.9. The van der Waals surface area contributed by atoms with Crippen molar-refractivity contribution in [3.8, 4) is 5.75 Å². The second-order valence-corrected chi connectivity index (χ2v) is 5.63. The lowest BCUT2D eigenvalue weighted by molar-refractivity contribution is -0.152. The summed E-state index contributed by atoms with van der Waals surface area (Å²) in [5, 5.41) is 7.31. The summed E-state index contributed by atoms with van der Waals surface area (Å²) < 4.78 is 18.6. The Morgan fingerprint density at radius 3 is 2.39 bits per heavy atom. The molecule has 1 aromatic rings. The molecule has 2 unspecified atom stereocenters. The lowest BCUT2D eigenvalue weighted by Crippen LogP contribution is -2.37. The molecule has 0 spiro atoms. The van der Waals surface area contributed by atoms with Gasteiger partial charge in [0.25, 0.3) is 0 Å². The number of ether oxygens (including phenoxy) is 1. The molecule has 1 N–H and O–H groups in total. The number of hydrogen-bond donors (Lipinski definition) is 1. The zero-order valence-electron chi connectivity index (χ0n) is 10.1. The summed E-state index contributed by atoms with van der Waals surface area (Å²) >= 11 is 5.55. The van der Waals surface area contributed by atoms with E-state index in [9.17, 15) is 9.18 Å². The largest absolute Gasteiger partial charge is 0.478 e. The molecule has 0 bridgehead atoms. The predicted octanol–water partition coefficient (Wildman–Crippen LogP) is 3.32. The molecular formula is C13H14ClFO3. The number of halogens is 2. The van der Waals surface area contributed by atoms with Gasteiger partial charge < -0.3 is 9.84 Å². The van der Waals surface area contributed by atoms with E-state index in [1.54, 1.807) is 24.3 Å². The highest BCUT2D eigenvalue weighted by Gasteiger charge is 2.54. The Labute approximate surface area is 110 Å². The minimum absolute atomic E-state index is 0.277. The van der Waals surface area contributed by atoms with E-state index < -0.39 is 16.7 Å². The Balaban J connectivity index is 2.07. The summed E-state index contributed by atoms with van der Waals surface area (Å²) in [7, 11) is 0. The van der Waals surface area contributed by atoms with Crippen molar-refractivity contribution in [2.75, 3.05) is 0 Å². The molecule has 1 aliphatic carbocycles. The van der Waals surface area contributed by atoms with Crippen LogP contribution in [-0.4, -0.2) is 21.8 Å². The molecular weight excluding hydrogens is 259 g/mol. The molecule has 2 atom stereocenters. The molecule has 0 aliphatic heterocycles. The van der Waals surface area contributed by atoms with E-state index in [4.69, 9.17) is 21.4 Å². The van der Waals surface area contributed by atoms with Gasteiger partial charge in [0.1, 0.15) is 5.75 Å². The fourth-order valence-electron chi connectivity index (χ4n) is 1.68. The number of aliphatic carboxylic acids is 1. The normalized spacial score (nSPS) is 26.8. The maximum Gasteiger partial charge on any atom is 0.347 e. The van der Waals surface area contributed by atoms with Crippen LogP contribution in [0, 0.1) is 0 Å². The van der Waals surface area contributed by atoms with E-state index in [2.05, 4.69) is 0 Å². The molecule has 1 fully saturated rings. The van der Waals surface area contributed by atoms with E-state index in [1.807, 2.05) is 0 Å². The second kappa shape index (κ2) is 4.12. The first-order valence-electron chi connectivity index (χ1n) is 5.62. The molecule has 0 amide bonds. The lowest BCUT2D eigenvalue weighted by Gasteiger charge is -2.21. The zero-order chi connectivity index (χ0) is 13.6. The van der Waals surface area contributed by atoms with Crippen molar-refractivity contribution >= 4 is 17.6 Å². The first-order chi connectivity index (χ1) is 8.22. The third kappa shape index (κ3) is 2.58. The Hall–Kier alpha value is -1.29. The van der Waals surface area contributed by atoms with Gasteiger partial charge in [-0.15, -0.1) is 0 Å². The van der Waals surface area contributed by atoms with Gasteiger partial charge in [0.15, 0.2) is 10.7 Å². The van der Waals surface area contributed by atoms with Crippen LogP contribution in [0.15, 0.2) is 24.3 Å². The molecule has 98 valence electrons. The molecule has 1 aromatic carbocycles. The summed E-state index contributed by atoms with van der Waals surface area (Å²) in [5.74, 6) is -0.885. The van der Waals surface area contributed by atoms with Gasteiger partial charge in [-0.2, -0.15) is 0 Å². The lowest BCUT2D eigenvalue weighted by atomic mass is 10.1. The van der Waals surface area contributed by atoms with Gasteiger partial charge in [-0.3, -0.25) is 0 Å². The molecule has 0 heterocycles. The van der Waals surface area contributed by atoms with E-state index in [1.165, 1.54) is 13.8 Å². The first-order valence-corrected chi connectivity index (χ1v) is 6.00. The Kier molecular flexibility index (Phi) is 3.01. The van der Waals surface area contributed by atoms with Crippen molar-refractivity contribution in [3.63, 3.8) is 0 Å². The molecule has 2 rings (SSSR count). The monoisotopic (exact) mass is 272 g/mol. The Bertz CT molecular complexity index is 468. The van der Waals surface area contributed by atoms with Gasteiger partial charge in [0, 0.05) is 12.3 Å². The van der Waals surface area contributed by atoms with Gasteiger partial charge in [0.2, 0.25) is 0 Å². The van der Waals surface area contributed by atoms with Gasteiger partial charge in [0.05, 0.1) is 0 Å². The second-order valence-electron chi connectivity index (χ2n) is 5.00. The average Bonchev–Trinajstić information content (AvgIpc) is 2.88. The standard InChI is InChI=1S/C13H14ClFO3/c1-12(2,11(16)17)18-9-5-3-8(4-6-9)10-7-13(10,14)15/h3-6,10H,7H2,1-2H3,(H,16,17). The van der Waals surface area contributed by atoms with Crippen molar-refractivity contribution in [2.24, 2.45) is 0 Å². The highest BCUT2D eigenvalue weighted by molar-refractivity contribution is 6.25. The molecule has 18 heavy (non-hydrogen) atoms. The summed E-state index contributed by atoms with van der Waals surface area (Å²) in [6.45, 7) is 2.94. The molecule has 0 aromatic heterocycles. The SMILES string of the molecule is CC(C)(Oc1ccc(C2CC2(F)Cl)cc1)C(=O)O. The van der Waals surface area contributed by atoms with Gasteiger partial charge in [-0.25, -0.2) is 9.18 Å². The smallest absolute Gasteiger partial charge is 0.347 e. The van der Waals surface area contributed by atoms with E-state index in [-0.39, 0.29) is 5.92 Å². The highest BCUT2D eigenvalue weighted by atomic mass is 35.5. The van der Waals surface area contributed by atoms with Gasteiger partial charge in [-0.1, -0.05) is 23.7 Å². The van der Waals surface area contributed by atoms with Crippen molar-refractivity contribution < 1.29 is 19.0 Å². The fourth-order valence-corrected chi connectivity index (χ4v) is 1.96. The maximum absolute atomic E-state index is 13.3. The van der Waals surface area contributed by atoms with Crippen LogP contribution in [0.25, 0.3) is 0 Å². The van der Waals surface area contributed by atoms with E-state index >= 15 is 0 Å². The van der Waals surface area contributed by atoms with Crippen molar-refractivity contribution in [2.45, 2.75) is 36.9 Å². The number of rotatable bonds is 4. The van der Waals surface area contributed by atoms with Gasteiger partial charge in [-0.05, 0) is 31.5 Å². The van der Waals surface area contributed by atoms with Gasteiger partial charge >= 0.3 is 5.97 Å². The molecule has 5 heteroatoms. The van der Waals surface area contributed by atoms with Crippen LogP contribution in [0.5, 0.6) is 5.75 Å². The quantitative estimate of drug-likeness (QED) is 0.855. The Morgan fingerprint density at radius 2 is 2.00 bits per heavy atom. The minimum atomic E-state index is -1.62. The number of hydrogen-bond acceptors (Lipinski definition) is 2. The summed E-state index contributed by atoms with van der Waals surface area (Å²) in [5.41, 5.74) is -0.495. The number of carbonyl (C=O) groups is 1. The van der Waals surface area contributed by atoms with E-state index in [0.29, 0.717) is 12.2 Å². The molecule has 0 radical (unpaired) electrons. The van der Waals surface area contributed by atoms with E-state index in [0.717, 1.165) is 5.56 Å². The number of carboxylic acids is 1. The number of carboxylic acid groups (broad SMARTS) is 1. The average molecular weight is 273 g/mol. The zero-order valence-corrected chi connectivity index (χ0v) is 10.9. The number of alkyl halides is 2. The predicted molar refractivity (Wildman–Crippen MR) is 65.8 cm³/mol. The Morgan fingerprint density at radius 1 is 1.50 bits per heavy atom. The first kappa shape index (κ1) is 13.1. The maximum atomic E-state index is 13.3. The van der Waals surface area contributed by atoms with Crippen LogP contribution >= 0.6 is 11.6 Å². The van der Waals surface area contributed by atoms with Crippen molar-refractivity contribution in [1.82, 2.24) is 0 Å². The molecule has 1 saturated carbocycles. The fraction of sp³-hybridized carbons (Fsp3) is 0.462. The van der Waals surface area contributed by atoms with Crippen molar-refractivity contribution in [1.29, 1.82) is 0 Å². The van der Waals surface area contributed by atoms with Crippen LogP contribution in [0.2, 0.25) is 0 Å². The minimum Gasteiger partial charge on any atom is -0.478 e. The third-order valence-corrected chi connectivity index (χ3v) is 3.41. The molecule has 1 aliphatic rings. The highest BCUT2D eigenvalue weighted by Crippen LogP contribution is 2.57. The van der Waals surface area contributed by atoms with Crippen molar-refractivity contribution in [3.05, 3.63) is 29.8 Å². The summed E-state index contributed by atoms with van der Waals surface area (Å²) in [6, 6.07) is 6.68. The van der Waals surface area contributed by atoms with Crippen LogP contribution in [0.4, 0.5) is 4.39 Å². The van der Waals surface area contributed by atoms with Crippen LogP contribution in [0.1, 0.15) is 31.7 Å². The van der Waals surface area contributed by atoms with Crippen LogP contribution in [-0.2, 0) is 4.79 Å². The topological polar surface area (TPSA) is 46.5 Å². The molecule has 0 saturated heterocycles. The van der Waals surface area contributed by atoms with Crippen LogP contribution < -0.4 is 4.74 Å². The van der Waals surface area contributed by atoms with Crippen LogP contribution in [0.3, 0.4) is 0 Å².